The topological polar surface area (TPSA) is 67.4 Å². The monoisotopic (exact) mass is 422 g/mol. The first kappa shape index (κ1) is 21.7. The van der Waals surface area contributed by atoms with Crippen molar-refractivity contribution in [1.29, 1.82) is 0 Å². The van der Waals surface area contributed by atoms with Crippen molar-refractivity contribution in [3.63, 3.8) is 0 Å². The quantitative estimate of drug-likeness (QED) is 0.453. The fraction of sp³-hybridized carbons (Fsp3) is 0.250. The summed E-state index contributed by atoms with van der Waals surface area (Å²) in [5.41, 5.74) is 2.81. The Morgan fingerprint density at radius 3 is 2.53 bits per heavy atom. The molecule has 0 radical (unpaired) electrons. The first-order chi connectivity index (χ1) is 14.6. The Morgan fingerprint density at radius 1 is 0.967 bits per heavy atom. The van der Waals surface area contributed by atoms with Crippen molar-refractivity contribution >= 4 is 34.5 Å². The molecule has 3 aromatic rings. The first-order valence-corrected chi connectivity index (χ1v) is 10.9. The third-order valence-electron chi connectivity index (χ3n) is 4.47. The third kappa shape index (κ3) is 6.83. The molecule has 0 aliphatic carbocycles. The van der Waals surface area contributed by atoms with Crippen molar-refractivity contribution < 1.29 is 14.3 Å². The van der Waals surface area contributed by atoms with Crippen LogP contribution in [-0.2, 0) is 22.6 Å². The van der Waals surface area contributed by atoms with Crippen LogP contribution in [0.25, 0.3) is 0 Å². The smallest absolute Gasteiger partial charge is 0.255 e. The molecular formula is C24H26N2O3S. The number of thiophene rings is 1. The molecule has 1 aromatic heterocycles. The lowest BCUT2D eigenvalue weighted by atomic mass is 10.1. The van der Waals surface area contributed by atoms with E-state index >= 15 is 0 Å². The van der Waals surface area contributed by atoms with Gasteiger partial charge in [0.05, 0.1) is 6.61 Å². The van der Waals surface area contributed by atoms with E-state index < -0.39 is 0 Å². The van der Waals surface area contributed by atoms with E-state index in [1.54, 1.807) is 35.6 Å². The Labute approximate surface area is 181 Å². The Balaban J connectivity index is 1.53. The van der Waals surface area contributed by atoms with E-state index in [4.69, 9.17) is 4.74 Å². The number of carbonyl (C=O) groups is 2. The molecule has 3 rings (SSSR count). The Bertz CT molecular complexity index is 970. The van der Waals surface area contributed by atoms with Gasteiger partial charge in [-0.1, -0.05) is 24.3 Å². The number of hydrogen-bond donors (Lipinski definition) is 2. The van der Waals surface area contributed by atoms with Crippen LogP contribution in [0.4, 0.5) is 11.4 Å². The van der Waals surface area contributed by atoms with Crippen LogP contribution < -0.4 is 10.6 Å². The zero-order valence-corrected chi connectivity index (χ0v) is 17.8. The Morgan fingerprint density at radius 2 is 1.77 bits per heavy atom. The Hall–Kier alpha value is -2.96. The lowest BCUT2D eigenvalue weighted by molar-refractivity contribution is -0.116. The highest BCUT2D eigenvalue weighted by Crippen LogP contribution is 2.17. The molecule has 0 aliphatic heterocycles. The average molecular weight is 423 g/mol. The standard InChI is InChI=1S/C24H26N2O3S/c1-2-29-17-18-7-3-9-20(15-18)26-24(28)19-8-4-10-21(16-19)25-23(27)13-5-11-22-12-6-14-30-22/h3-4,6-10,12,14-16H,2,5,11,13,17H2,1H3,(H,25,27)(H,26,28). The molecule has 156 valence electrons. The van der Waals surface area contributed by atoms with E-state index in [2.05, 4.69) is 16.7 Å². The number of benzene rings is 2. The number of carbonyl (C=O) groups excluding carboxylic acids is 2. The fourth-order valence-corrected chi connectivity index (χ4v) is 3.75. The van der Waals surface area contributed by atoms with Crippen molar-refractivity contribution in [3.05, 3.63) is 82.0 Å². The zero-order valence-electron chi connectivity index (χ0n) is 17.0. The molecule has 0 atom stereocenters. The first-order valence-electron chi connectivity index (χ1n) is 10.0. The van der Waals surface area contributed by atoms with Crippen LogP contribution >= 0.6 is 11.3 Å². The normalized spacial score (nSPS) is 10.6. The average Bonchev–Trinajstić information content (AvgIpc) is 3.26. The summed E-state index contributed by atoms with van der Waals surface area (Å²) in [6.07, 6.45) is 2.14. The zero-order chi connectivity index (χ0) is 21.2. The Kier molecular flexibility index (Phi) is 8.18. The number of aryl methyl sites for hydroxylation is 1. The largest absolute Gasteiger partial charge is 0.377 e. The molecule has 0 saturated heterocycles. The van der Waals surface area contributed by atoms with Crippen molar-refractivity contribution in [2.24, 2.45) is 0 Å². The number of amides is 2. The van der Waals surface area contributed by atoms with Gasteiger partial charge in [0.1, 0.15) is 0 Å². The summed E-state index contributed by atoms with van der Waals surface area (Å²) < 4.78 is 5.41. The molecular weight excluding hydrogens is 396 g/mol. The van der Waals surface area contributed by atoms with Crippen LogP contribution in [0.3, 0.4) is 0 Å². The summed E-state index contributed by atoms with van der Waals surface area (Å²) >= 11 is 1.71. The van der Waals surface area contributed by atoms with E-state index in [1.165, 1.54) is 4.88 Å². The second-order valence-corrected chi connectivity index (χ2v) is 7.89. The fourth-order valence-electron chi connectivity index (χ4n) is 3.00. The molecule has 5 nitrogen and oxygen atoms in total. The summed E-state index contributed by atoms with van der Waals surface area (Å²) in [5, 5.41) is 7.82. The SMILES string of the molecule is CCOCc1cccc(NC(=O)c2cccc(NC(=O)CCCc3cccs3)c2)c1. The maximum absolute atomic E-state index is 12.6. The summed E-state index contributed by atoms with van der Waals surface area (Å²) in [6.45, 7) is 3.10. The van der Waals surface area contributed by atoms with Gasteiger partial charge in [-0.25, -0.2) is 0 Å². The van der Waals surface area contributed by atoms with Crippen molar-refractivity contribution in [2.45, 2.75) is 32.8 Å². The van der Waals surface area contributed by atoms with Gasteiger partial charge in [-0.2, -0.15) is 0 Å². The van der Waals surface area contributed by atoms with Gasteiger partial charge in [0.2, 0.25) is 5.91 Å². The maximum Gasteiger partial charge on any atom is 0.255 e. The summed E-state index contributed by atoms with van der Waals surface area (Å²) in [7, 11) is 0. The highest BCUT2D eigenvalue weighted by atomic mass is 32.1. The highest BCUT2D eigenvalue weighted by molar-refractivity contribution is 7.09. The highest BCUT2D eigenvalue weighted by Gasteiger charge is 2.09. The van der Waals surface area contributed by atoms with Crippen LogP contribution in [0, 0.1) is 0 Å². The van der Waals surface area contributed by atoms with Crippen LogP contribution in [0.2, 0.25) is 0 Å². The molecule has 2 aromatic carbocycles. The lowest BCUT2D eigenvalue weighted by Crippen LogP contribution is -2.14. The van der Waals surface area contributed by atoms with Crippen molar-refractivity contribution in [1.82, 2.24) is 0 Å². The lowest BCUT2D eigenvalue weighted by Gasteiger charge is -2.10. The van der Waals surface area contributed by atoms with Crippen molar-refractivity contribution in [2.75, 3.05) is 17.2 Å². The minimum absolute atomic E-state index is 0.0484. The number of ether oxygens (including phenoxy) is 1. The molecule has 6 heteroatoms. The molecule has 0 bridgehead atoms. The number of rotatable bonds is 10. The van der Waals surface area contributed by atoms with Crippen LogP contribution in [-0.4, -0.2) is 18.4 Å². The second-order valence-electron chi connectivity index (χ2n) is 6.85. The number of nitrogens with one attached hydrogen (secondary N) is 2. The number of hydrogen-bond acceptors (Lipinski definition) is 4. The van der Waals surface area contributed by atoms with Gasteiger partial charge in [0.15, 0.2) is 0 Å². The number of anilines is 2. The molecule has 0 aliphatic rings. The van der Waals surface area contributed by atoms with Gasteiger partial charge >= 0.3 is 0 Å². The van der Waals surface area contributed by atoms with Crippen LogP contribution in [0.15, 0.2) is 66.0 Å². The predicted octanol–water partition coefficient (Wildman–Crippen LogP) is 5.50. The molecule has 0 spiro atoms. The van der Waals surface area contributed by atoms with Gasteiger partial charge in [0.25, 0.3) is 5.91 Å². The summed E-state index contributed by atoms with van der Waals surface area (Å²) in [5.74, 6) is -0.273. The van der Waals surface area contributed by atoms with Gasteiger partial charge in [-0.15, -0.1) is 11.3 Å². The third-order valence-corrected chi connectivity index (χ3v) is 5.41. The summed E-state index contributed by atoms with van der Waals surface area (Å²) in [4.78, 5) is 26.1. The van der Waals surface area contributed by atoms with Gasteiger partial charge in [-0.3, -0.25) is 9.59 Å². The van der Waals surface area contributed by atoms with Gasteiger partial charge in [-0.05, 0) is 67.1 Å². The van der Waals surface area contributed by atoms with E-state index in [-0.39, 0.29) is 11.8 Å². The maximum atomic E-state index is 12.6. The van der Waals surface area contributed by atoms with Crippen LogP contribution in [0.5, 0.6) is 0 Å². The molecule has 0 saturated carbocycles. The van der Waals surface area contributed by atoms with E-state index in [9.17, 15) is 9.59 Å². The minimum atomic E-state index is -0.225. The minimum Gasteiger partial charge on any atom is -0.377 e. The predicted molar refractivity (Wildman–Crippen MR) is 122 cm³/mol. The molecule has 2 amide bonds. The van der Waals surface area contributed by atoms with Crippen molar-refractivity contribution in [3.8, 4) is 0 Å². The second kappa shape index (κ2) is 11.3. The van der Waals surface area contributed by atoms with E-state index in [1.807, 2.05) is 42.6 Å². The van der Waals surface area contributed by atoms with E-state index in [0.717, 1.165) is 18.4 Å². The van der Waals surface area contributed by atoms with Gasteiger partial charge < -0.3 is 15.4 Å². The molecule has 30 heavy (non-hydrogen) atoms. The molecule has 1 heterocycles. The van der Waals surface area contributed by atoms with E-state index in [0.29, 0.717) is 36.6 Å². The van der Waals surface area contributed by atoms with Gasteiger partial charge in [0, 0.05) is 34.8 Å². The molecule has 0 fully saturated rings. The molecule has 0 unspecified atom stereocenters. The molecule has 2 N–H and O–H groups in total. The van der Waals surface area contributed by atoms with Crippen LogP contribution in [0.1, 0.15) is 40.6 Å². The summed E-state index contributed by atoms with van der Waals surface area (Å²) in [6, 6.07) is 18.7.